The van der Waals surface area contributed by atoms with Gasteiger partial charge in [0.25, 0.3) is 0 Å². The third-order valence-electron chi connectivity index (χ3n) is 2.23. The van der Waals surface area contributed by atoms with E-state index in [0.717, 1.165) is 0 Å². The first-order valence-corrected chi connectivity index (χ1v) is 5.06. The van der Waals surface area contributed by atoms with E-state index in [1.807, 2.05) is 6.07 Å². The Bertz CT molecular complexity index is 609. The van der Waals surface area contributed by atoms with Crippen LogP contribution >= 0.6 is 0 Å². The Morgan fingerprint density at radius 3 is 2.83 bits per heavy atom. The number of nitrogens with zero attached hydrogens (tertiary/aromatic N) is 3. The minimum atomic E-state index is -0.467. The summed E-state index contributed by atoms with van der Waals surface area (Å²) in [4.78, 5) is 7.76. The van der Waals surface area contributed by atoms with Crippen LogP contribution in [0.15, 0.2) is 30.6 Å². The highest BCUT2D eigenvalue weighted by molar-refractivity contribution is 5.62. The second kappa shape index (κ2) is 5.10. The summed E-state index contributed by atoms with van der Waals surface area (Å²) in [6.45, 7) is 0. The molecular weight excluding hydrogens is 235 g/mol. The zero-order chi connectivity index (χ0) is 13.0. The number of hydrogen-bond acceptors (Lipinski definition) is 5. The lowest BCUT2D eigenvalue weighted by Gasteiger charge is -2.08. The van der Waals surface area contributed by atoms with Crippen molar-refractivity contribution in [1.29, 1.82) is 5.26 Å². The maximum absolute atomic E-state index is 13.6. The van der Waals surface area contributed by atoms with Gasteiger partial charge in [-0.25, -0.2) is 14.4 Å². The molecule has 1 aromatic carbocycles. The Hall–Kier alpha value is -2.68. The molecule has 5 nitrogen and oxygen atoms in total. The number of halogens is 1. The second-order valence-corrected chi connectivity index (χ2v) is 3.34. The number of nitriles is 1. The summed E-state index contributed by atoms with van der Waals surface area (Å²) < 4.78 is 18.6. The van der Waals surface area contributed by atoms with Crippen LogP contribution in [0.5, 0.6) is 5.75 Å². The van der Waals surface area contributed by atoms with Gasteiger partial charge < -0.3 is 10.1 Å². The highest BCUT2D eigenvalue weighted by Gasteiger charge is 2.08. The van der Waals surface area contributed by atoms with Crippen LogP contribution in [-0.2, 0) is 0 Å². The number of nitrogens with one attached hydrogen (secondary N) is 1. The average Bonchev–Trinajstić information content (AvgIpc) is 2.42. The van der Waals surface area contributed by atoms with Crippen molar-refractivity contribution in [3.8, 4) is 11.8 Å². The normalized spacial score (nSPS) is 9.61. The standard InChI is InChI=1S/C12H9FN4O/c1-18-8-2-3-9(13)10(6-8)17-12-11(7-14)15-4-5-16-12/h2-6H,1H3,(H,16,17). The Morgan fingerprint density at radius 2 is 2.11 bits per heavy atom. The Kier molecular flexibility index (Phi) is 3.34. The number of ether oxygens (including phenoxy) is 1. The van der Waals surface area contributed by atoms with Crippen molar-refractivity contribution in [2.24, 2.45) is 0 Å². The van der Waals surface area contributed by atoms with E-state index in [1.54, 1.807) is 0 Å². The van der Waals surface area contributed by atoms with Crippen LogP contribution in [0.25, 0.3) is 0 Å². The molecule has 0 aliphatic carbocycles. The molecule has 6 heteroatoms. The molecule has 0 atom stereocenters. The lowest BCUT2D eigenvalue weighted by molar-refractivity contribution is 0.414. The van der Waals surface area contributed by atoms with Gasteiger partial charge >= 0.3 is 0 Å². The predicted molar refractivity (Wildman–Crippen MR) is 63.0 cm³/mol. The van der Waals surface area contributed by atoms with Crippen LogP contribution < -0.4 is 10.1 Å². The van der Waals surface area contributed by atoms with E-state index < -0.39 is 5.82 Å². The summed E-state index contributed by atoms with van der Waals surface area (Å²) in [7, 11) is 1.49. The lowest BCUT2D eigenvalue weighted by Crippen LogP contribution is -2.00. The largest absolute Gasteiger partial charge is 0.497 e. The minimum Gasteiger partial charge on any atom is -0.497 e. The van der Waals surface area contributed by atoms with E-state index in [4.69, 9.17) is 10.00 Å². The third-order valence-corrected chi connectivity index (χ3v) is 2.23. The third kappa shape index (κ3) is 2.35. The van der Waals surface area contributed by atoms with Crippen LogP contribution in [0.2, 0.25) is 0 Å². The maximum atomic E-state index is 13.6. The molecule has 0 bridgehead atoms. The Morgan fingerprint density at radius 1 is 1.33 bits per heavy atom. The van der Waals surface area contributed by atoms with Crippen molar-refractivity contribution in [1.82, 2.24) is 9.97 Å². The number of rotatable bonds is 3. The number of methoxy groups -OCH3 is 1. The topological polar surface area (TPSA) is 70.8 Å². The summed E-state index contributed by atoms with van der Waals surface area (Å²) in [6, 6.07) is 6.12. The molecule has 0 saturated heterocycles. The van der Waals surface area contributed by atoms with Crippen molar-refractivity contribution in [2.45, 2.75) is 0 Å². The molecule has 0 aliphatic heterocycles. The molecule has 90 valence electrons. The van der Waals surface area contributed by atoms with Crippen LogP contribution in [0.3, 0.4) is 0 Å². The van der Waals surface area contributed by atoms with Gasteiger partial charge in [-0.2, -0.15) is 5.26 Å². The molecule has 0 spiro atoms. The van der Waals surface area contributed by atoms with Crippen LogP contribution in [0, 0.1) is 17.1 Å². The van der Waals surface area contributed by atoms with E-state index in [9.17, 15) is 4.39 Å². The van der Waals surface area contributed by atoms with Gasteiger partial charge in [0.1, 0.15) is 17.6 Å². The number of benzene rings is 1. The molecule has 1 heterocycles. The maximum Gasteiger partial charge on any atom is 0.183 e. The van der Waals surface area contributed by atoms with Gasteiger partial charge in [0.05, 0.1) is 12.8 Å². The summed E-state index contributed by atoms with van der Waals surface area (Å²) >= 11 is 0. The fourth-order valence-corrected chi connectivity index (χ4v) is 1.37. The molecule has 0 aliphatic rings. The van der Waals surface area contributed by atoms with E-state index >= 15 is 0 Å². The van der Waals surface area contributed by atoms with Gasteiger partial charge in [0.2, 0.25) is 0 Å². The molecule has 2 rings (SSSR count). The number of hydrogen-bond donors (Lipinski definition) is 1. The summed E-state index contributed by atoms with van der Waals surface area (Å²) in [5.74, 6) is 0.235. The smallest absolute Gasteiger partial charge is 0.183 e. The van der Waals surface area contributed by atoms with Gasteiger partial charge in [-0.15, -0.1) is 0 Å². The molecule has 0 radical (unpaired) electrons. The molecule has 18 heavy (non-hydrogen) atoms. The van der Waals surface area contributed by atoms with Gasteiger partial charge in [0.15, 0.2) is 11.5 Å². The van der Waals surface area contributed by atoms with Gasteiger partial charge in [-0.1, -0.05) is 0 Å². The molecule has 0 amide bonds. The second-order valence-electron chi connectivity index (χ2n) is 3.34. The number of anilines is 2. The van der Waals surface area contributed by atoms with Crippen LogP contribution in [0.1, 0.15) is 5.69 Å². The van der Waals surface area contributed by atoms with E-state index in [0.29, 0.717) is 5.75 Å². The first kappa shape index (κ1) is 11.8. The summed E-state index contributed by atoms with van der Waals surface area (Å²) in [5.41, 5.74) is 0.270. The van der Waals surface area contributed by atoms with Crippen LogP contribution in [0.4, 0.5) is 15.9 Å². The molecule has 0 fully saturated rings. The molecule has 1 aromatic heterocycles. The van der Waals surface area contributed by atoms with Gasteiger partial charge in [-0.3, -0.25) is 0 Å². The molecule has 0 unspecified atom stereocenters. The minimum absolute atomic E-state index is 0.0970. The quantitative estimate of drug-likeness (QED) is 0.896. The van der Waals surface area contributed by atoms with Crippen molar-refractivity contribution < 1.29 is 9.13 Å². The van der Waals surface area contributed by atoms with Gasteiger partial charge in [-0.05, 0) is 12.1 Å². The summed E-state index contributed by atoms with van der Waals surface area (Å²) in [5, 5.41) is 11.6. The zero-order valence-electron chi connectivity index (χ0n) is 9.51. The van der Waals surface area contributed by atoms with Crippen molar-refractivity contribution in [2.75, 3.05) is 12.4 Å². The highest BCUT2D eigenvalue weighted by atomic mass is 19.1. The predicted octanol–water partition coefficient (Wildman–Crippen LogP) is 2.24. The molecule has 0 saturated carbocycles. The van der Waals surface area contributed by atoms with Crippen molar-refractivity contribution in [3.05, 3.63) is 42.1 Å². The Labute approximate surface area is 103 Å². The SMILES string of the molecule is COc1ccc(F)c(Nc2nccnc2C#N)c1. The monoisotopic (exact) mass is 244 g/mol. The van der Waals surface area contributed by atoms with E-state index in [-0.39, 0.29) is 17.2 Å². The fraction of sp³-hybridized carbons (Fsp3) is 0.0833. The first-order chi connectivity index (χ1) is 8.74. The average molecular weight is 244 g/mol. The molecule has 1 N–H and O–H groups in total. The summed E-state index contributed by atoms with van der Waals surface area (Å²) in [6.07, 6.45) is 2.81. The fourth-order valence-electron chi connectivity index (χ4n) is 1.37. The van der Waals surface area contributed by atoms with Crippen molar-refractivity contribution >= 4 is 11.5 Å². The molecular formula is C12H9FN4O. The zero-order valence-corrected chi connectivity index (χ0v) is 9.51. The van der Waals surface area contributed by atoms with E-state index in [1.165, 1.54) is 37.7 Å². The Balaban J connectivity index is 2.37. The van der Waals surface area contributed by atoms with Crippen molar-refractivity contribution in [3.63, 3.8) is 0 Å². The van der Waals surface area contributed by atoms with Crippen LogP contribution in [-0.4, -0.2) is 17.1 Å². The first-order valence-electron chi connectivity index (χ1n) is 5.06. The highest BCUT2D eigenvalue weighted by Crippen LogP contribution is 2.24. The number of aromatic nitrogens is 2. The van der Waals surface area contributed by atoms with E-state index in [2.05, 4.69) is 15.3 Å². The lowest BCUT2D eigenvalue weighted by atomic mass is 10.2. The molecule has 2 aromatic rings. The van der Waals surface area contributed by atoms with Gasteiger partial charge in [0, 0.05) is 18.5 Å².